The summed E-state index contributed by atoms with van der Waals surface area (Å²) in [4.78, 5) is 20.8. The number of carboxylic acids is 1. The average molecular weight is 563 g/mol. The van der Waals surface area contributed by atoms with E-state index in [9.17, 15) is 18.3 Å². The van der Waals surface area contributed by atoms with E-state index in [4.69, 9.17) is 9.94 Å². The van der Waals surface area contributed by atoms with Crippen molar-refractivity contribution >= 4 is 32.7 Å². The van der Waals surface area contributed by atoms with E-state index in [0.717, 1.165) is 9.87 Å². The van der Waals surface area contributed by atoms with Crippen molar-refractivity contribution in [1.82, 2.24) is 19.7 Å². The highest BCUT2D eigenvalue weighted by Gasteiger charge is 2.32. The Bertz CT molecular complexity index is 1690. The highest BCUT2D eigenvalue weighted by atomic mass is 32.2. The maximum atomic E-state index is 14.1. The first-order chi connectivity index (χ1) is 19.4. The quantitative estimate of drug-likeness (QED) is 0.226. The van der Waals surface area contributed by atoms with Gasteiger partial charge in [0.2, 0.25) is 0 Å². The van der Waals surface area contributed by atoms with E-state index < -0.39 is 16.0 Å². The minimum Gasteiger partial charge on any atom is -0.497 e. The van der Waals surface area contributed by atoms with Crippen molar-refractivity contribution in [2.75, 3.05) is 11.4 Å². The molecule has 13 heteroatoms. The molecule has 2 aromatic carbocycles. The van der Waals surface area contributed by atoms with Gasteiger partial charge in [-0.15, -0.1) is 0 Å². The molecule has 3 aromatic heterocycles. The van der Waals surface area contributed by atoms with Crippen LogP contribution in [0.5, 0.6) is 5.75 Å². The van der Waals surface area contributed by atoms with Crippen molar-refractivity contribution < 1.29 is 28.3 Å². The normalized spacial score (nSPS) is 11.0. The minimum atomic E-state index is -4.25. The van der Waals surface area contributed by atoms with Crippen LogP contribution in [0.25, 0.3) is 11.0 Å². The van der Waals surface area contributed by atoms with Crippen LogP contribution in [-0.4, -0.2) is 51.6 Å². The summed E-state index contributed by atoms with van der Waals surface area (Å²) in [5, 5.41) is 21.3. The zero-order valence-corrected chi connectivity index (χ0v) is 22.1. The third-order valence-electron chi connectivity index (χ3n) is 5.99. The van der Waals surface area contributed by atoms with Gasteiger partial charge >= 0.3 is 5.97 Å². The van der Waals surface area contributed by atoms with Crippen LogP contribution < -0.4 is 14.9 Å². The maximum absolute atomic E-state index is 14.1. The third kappa shape index (κ3) is 5.76. The van der Waals surface area contributed by atoms with Gasteiger partial charge in [0.05, 0.1) is 42.4 Å². The number of carboxylic acid groups (broad SMARTS) is 1. The van der Waals surface area contributed by atoms with Crippen LogP contribution in [0, 0.1) is 0 Å². The number of benzene rings is 2. The number of nitrogens with two attached hydrogens (primary N) is 1. The molecular formula is C27H26N6O6S. The molecule has 0 radical (unpaired) electrons. The molecule has 3 heterocycles. The predicted octanol–water partition coefficient (Wildman–Crippen LogP) is 3.31. The summed E-state index contributed by atoms with van der Waals surface area (Å²) in [6.07, 6.45) is 5.73. The lowest BCUT2D eigenvalue weighted by Crippen LogP contribution is -2.32. The van der Waals surface area contributed by atoms with E-state index in [-0.39, 0.29) is 22.7 Å². The number of nitrogens with zero attached hydrogens (tertiary/aromatic N) is 5. The van der Waals surface area contributed by atoms with E-state index in [2.05, 4.69) is 21.0 Å². The molecule has 206 valence electrons. The number of sulfonamides is 1. The molecule has 0 fully saturated rings. The summed E-state index contributed by atoms with van der Waals surface area (Å²) < 4.78 is 36.0. The van der Waals surface area contributed by atoms with Crippen LogP contribution in [0.2, 0.25) is 0 Å². The number of fused-ring (bicyclic) bond motifs is 1. The number of hydrogen-bond acceptors (Lipinski definition) is 9. The predicted molar refractivity (Wildman–Crippen MR) is 147 cm³/mol. The van der Waals surface area contributed by atoms with Gasteiger partial charge in [-0.2, -0.15) is 5.10 Å². The lowest BCUT2D eigenvalue weighted by Gasteiger charge is -2.26. The van der Waals surface area contributed by atoms with Crippen molar-refractivity contribution in [2.45, 2.75) is 18.0 Å². The first kappa shape index (κ1) is 28.2. The fourth-order valence-corrected chi connectivity index (χ4v) is 5.62. The molecule has 40 heavy (non-hydrogen) atoms. The number of methoxy groups -OCH3 is 1. The summed E-state index contributed by atoms with van der Waals surface area (Å²) in [7, 11) is -2.77. The number of aromatic carboxylic acids is 1. The summed E-state index contributed by atoms with van der Waals surface area (Å²) in [6.45, 7) is 0.211. The summed E-state index contributed by atoms with van der Waals surface area (Å²) in [5.41, 5.74) is 1.60. The average Bonchev–Trinajstić information content (AvgIpc) is 3.40. The lowest BCUT2D eigenvalue weighted by atomic mass is 10.1. The molecule has 0 bridgehead atoms. The van der Waals surface area contributed by atoms with Crippen LogP contribution >= 0.6 is 0 Å². The van der Waals surface area contributed by atoms with Gasteiger partial charge in [-0.25, -0.2) is 28.8 Å². The fraction of sp³-hybridized carbons (Fsp3) is 0.111. The standard InChI is InChI=1S/C27H23N5O5S.H3NO/c1-37-21-9-11-22(12-10-21)38(35,36)32(18-20-8-5-13-28-14-20)25-23-16-30-31(17-19-6-3-2-4-7-19)26(23)29-15-24(25)27(33)34;1-2/h2-16H,17-18H2,1H3,(H,33,34);2H,1H2. The molecule has 5 aromatic rings. The van der Waals surface area contributed by atoms with E-state index >= 15 is 0 Å². The number of ether oxygens (including phenoxy) is 1. The molecule has 0 aliphatic heterocycles. The van der Waals surface area contributed by atoms with Crippen molar-refractivity contribution in [3.05, 3.63) is 108 Å². The van der Waals surface area contributed by atoms with Crippen LogP contribution in [0.4, 0.5) is 5.69 Å². The summed E-state index contributed by atoms with van der Waals surface area (Å²) in [5.74, 6) is 2.67. The molecular weight excluding hydrogens is 536 g/mol. The molecule has 0 unspecified atom stereocenters. The largest absolute Gasteiger partial charge is 0.497 e. The Morgan fingerprint density at radius 2 is 1.68 bits per heavy atom. The molecule has 4 N–H and O–H groups in total. The third-order valence-corrected chi connectivity index (χ3v) is 7.75. The van der Waals surface area contributed by atoms with Crippen LogP contribution in [0.15, 0.2) is 96.4 Å². The highest BCUT2D eigenvalue weighted by Crippen LogP contribution is 2.35. The molecule has 0 saturated heterocycles. The Labute approximate surface area is 229 Å². The second kappa shape index (κ2) is 12.3. The zero-order valence-electron chi connectivity index (χ0n) is 21.3. The van der Waals surface area contributed by atoms with Crippen molar-refractivity contribution in [3.63, 3.8) is 0 Å². The molecule has 0 saturated carbocycles. The van der Waals surface area contributed by atoms with E-state index in [1.165, 1.54) is 50.0 Å². The van der Waals surface area contributed by atoms with Crippen molar-refractivity contribution in [3.8, 4) is 5.75 Å². The Morgan fingerprint density at radius 3 is 2.30 bits per heavy atom. The van der Waals surface area contributed by atoms with Gasteiger partial charge in [0, 0.05) is 18.6 Å². The topological polar surface area (TPSA) is 174 Å². The van der Waals surface area contributed by atoms with Gasteiger partial charge in [-0.05, 0) is 41.5 Å². The second-order valence-corrected chi connectivity index (χ2v) is 10.3. The molecule has 0 atom stereocenters. The number of rotatable bonds is 9. The summed E-state index contributed by atoms with van der Waals surface area (Å²) in [6, 6.07) is 18.9. The molecule has 0 amide bonds. The molecule has 0 spiro atoms. The first-order valence-electron chi connectivity index (χ1n) is 11.8. The van der Waals surface area contributed by atoms with Crippen LogP contribution in [0.3, 0.4) is 0 Å². The van der Waals surface area contributed by atoms with Gasteiger partial charge in [0.25, 0.3) is 10.0 Å². The monoisotopic (exact) mass is 562 g/mol. The van der Waals surface area contributed by atoms with E-state index in [0.29, 0.717) is 28.9 Å². The van der Waals surface area contributed by atoms with Crippen LogP contribution in [-0.2, 0) is 23.1 Å². The van der Waals surface area contributed by atoms with Gasteiger partial charge < -0.3 is 15.1 Å². The van der Waals surface area contributed by atoms with Crippen LogP contribution in [0.1, 0.15) is 21.5 Å². The Kier molecular flexibility index (Phi) is 8.69. The Hall–Kier alpha value is -4.85. The van der Waals surface area contributed by atoms with E-state index in [1.807, 2.05) is 30.3 Å². The van der Waals surface area contributed by atoms with Gasteiger partial charge in [-0.3, -0.25) is 9.29 Å². The fourth-order valence-electron chi connectivity index (χ4n) is 4.13. The number of pyridine rings is 2. The number of carbonyl (C=O) groups is 1. The maximum Gasteiger partial charge on any atom is 0.339 e. The van der Waals surface area contributed by atoms with E-state index in [1.54, 1.807) is 23.0 Å². The van der Waals surface area contributed by atoms with Gasteiger partial charge in [0.15, 0.2) is 5.65 Å². The van der Waals surface area contributed by atoms with Crippen molar-refractivity contribution in [2.24, 2.45) is 5.90 Å². The highest BCUT2D eigenvalue weighted by molar-refractivity contribution is 7.92. The van der Waals surface area contributed by atoms with Gasteiger partial charge in [-0.1, -0.05) is 36.4 Å². The molecule has 0 aliphatic rings. The minimum absolute atomic E-state index is 0.0264. The molecule has 0 aliphatic carbocycles. The molecule has 5 rings (SSSR count). The Morgan fingerprint density at radius 1 is 0.975 bits per heavy atom. The Balaban J connectivity index is 0.00000181. The zero-order chi connectivity index (χ0) is 28.7. The summed E-state index contributed by atoms with van der Waals surface area (Å²) >= 11 is 0. The number of hydrogen-bond donors (Lipinski definition) is 3. The first-order valence-corrected chi connectivity index (χ1v) is 13.3. The second-order valence-electron chi connectivity index (χ2n) is 8.40. The smallest absolute Gasteiger partial charge is 0.339 e. The molecule has 12 nitrogen and oxygen atoms in total. The number of aromatic nitrogens is 4. The SMILES string of the molecule is COc1ccc(S(=O)(=O)N(Cc2cccnc2)c2c(C(=O)O)cnc3c2cnn3Cc2ccccc2)cc1.NO. The number of anilines is 1. The van der Waals surface area contributed by atoms with Crippen molar-refractivity contribution in [1.29, 1.82) is 0 Å². The van der Waals surface area contributed by atoms with Gasteiger partial charge in [0.1, 0.15) is 11.3 Å². The lowest BCUT2D eigenvalue weighted by molar-refractivity contribution is 0.0697.